The minimum atomic E-state index is -0.344. The zero-order chi connectivity index (χ0) is 11.9. The standard InChI is InChI=1S/C14H16O3/c15-10-3-4-12-6-8-13(9-7-12)17-14-5-1-2-11-16-14/h1-2,5-9,11,14-15H,3-4,10H2. The Bertz CT molecular complexity index is 392. The Morgan fingerprint density at radius 1 is 1.18 bits per heavy atom. The number of ether oxygens (including phenoxy) is 2. The Morgan fingerprint density at radius 3 is 2.65 bits per heavy atom. The predicted octanol–water partition coefficient (Wildman–Crippen LogP) is 2.42. The number of benzene rings is 1. The summed E-state index contributed by atoms with van der Waals surface area (Å²) < 4.78 is 10.9. The zero-order valence-corrected chi connectivity index (χ0v) is 9.58. The van der Waals surface area contributed by atoms with Crippen LogP contribution in [0.5, 0.6) is 5.75 Å². The van der Waals surface area contributed by atoms with Crippen LogP contribution < -0.4 is 4.74 Å². The highest BCUT2D eigenvalue weighted by atomic mass is 16.7. The number of aryl methyl sites for hydroxylation is 1. The molecule has 0 radical (unpaired) electrons. The molecule has 3 nitrogen and oxygen atoms in total. The summed E-state index contributed by atoms with van der Waals surface area (Å²) in [5.41, 5.74) is 1.20. The molecule has 0 amide bonds. The lowest BCUT2D eigenvalue weighted by Gasteiger charge is -2.16. The van der Waals surface area contributed by atoms with Gasteiger partial charge in [0.15, 0.2) is 0 Å². The van der Waals surface area contributed by atoms with E-state index in [0.29, 0.717) is 0 Å². The maximum atomic E-state index is 8.74. The molecule has 1 N–H and O–H groups in total. The molecule has 1 aromatic rings. The van der Waals surface area contributed by atoms with Crippen molar-refractivity contribution in [2.24, 2.45) is 0 Å². The molecule has 1 aliphatic heterocycles. The number of allylic oxidation sites excluding steroid dienone is 2. The normalized spacial score (nSPS) is 17.8. The molecule has 0 aromatic heterocycles. The SMILES string of the molecule is OCCCc1ccc(OC2C=CC=CO2)cc1. The smallest absolute Gasteiger partial charge is 0.260 e. The van der Waals surface area contributed by atoms with Crippen LogP contribution in [-0.4, -0.2) is 18.0 Å². The van der Waals surface area contributed by atoms with Gasteiger partial charge in [-0.15, -0.1) is 0 Å². The molecule has 1 heterocycles. The average Bonchev–Trinajstić information content (AvgIpc) is 2.39. The van der Waals surface area contributed by atoms with Crippen molar-refractivity contribution in [1.82, 2.24) is 0 Å². The summed E-state index contributed by atoms with van der Waals surface area (Å²) in [6.45, 7) is 0.227. The molecule has 2 rings (SSSR count). The molecule has 17 heavy (non-hydrogen) atoms. The van der Waals surface area contributed by atoms with Crippen LogP contribution in [0.2, 0.25) is 0 Å². The van der Waals surface area contributed by atoms with Gasteiger partial charge in [0.05, 0.1) is 6.26 Å². The molecule has 0 saturated heterocycles. The first-order valence-corrected chi connectivity index (χ1v) is 5.74. The second-order valence-corrected chi connectivity index (χ2v) is 3.81. The lowest BCUT2D eigenvalue weighted by atomic mass is 10.1. The third-order valence-electron chi connectivity index (χ3n) is 2.47. The summed E-state index contributed by atoms with van der Waals surface area (Å²) >= 11 is 0. The molecule has 1 aromatic carbocycles. The second-order valence-electron chi connectivity index (χ2n) is 3.81. The van der Waals surface area contributed by atoms with Gasteiger partial charge in [0.2, 0.25) is 0 Å². The molecular formula is C14H16O3. The number of hydrogen-bond acceptors (Lipinski definition) is 3. The molecule has 1 unspecified atom stereocenters. The summed E-state index contributed by atoms with van der Waals surface area (Å²) in [6, 6.07) is 7.85. The van der Waals surface area contributed by atoms with E-state index in [1.165, 1.54) is 5.56 Å². The molecule has 0 bridgehead atoms. The minimum absolute atomic E-state index is 0.227. The van der Waals surface area contributed by atoms with Gasteiger partial charge in [-0.25, -0.2) is 0 Å². The summed E-state index contributed by atoms with van der Waals surface area (Å²) in [4.78, 5) is 0. The van der Waals surface area contributed by atoms with Crippen LogP contribution in [-0.2, 0) is 11.2 Å². The second kappa shape index (κ2) is 6.11. The lowest BCUT2D eigenvalue weighted by molar-refractivity contribution is 0.00786. The van der Waals surface area contributed by atoms with Crippen LogP contribution in [0, 0.1) is 0 Å². The van der Waals surface area contributed by atoms with Gasteiger partial charge >= 0.3 is 0 Å². The Kier molecular flexibility index (Phi) is 4.22. The Hall–Kier alpha value is -1.74. The Labute approximate surface area is 101 Å². The lowest BCUT2D eigenvalue weighted by Crippen LogP contribution is -2.16. The van der Waals surface area contributed by atoms with Gasteiger partial charge in [-0.05, 0) is 42.7 Å². The van der Waals surface area contributed by atoms with E-state index in [0.717, 1.165) is 18.6 Å². The van der Waals surface area contributed by atoms with E-state index in [9.17, 15) is 0 Å². The van der Waals surface area contributed by atoms with E-state index in [-0.39, 0.29) is 12.9 Å². The van der Waals surface area contributed by atoms with Crippen LogP contribution in [0.15, 0.2) is 48.8 Å². The first-order valence-electron chi connectivity index (χ1n) is 5.74. The van der Waals surface area contributed by atoms with Crippen molar-refractivity contribution in [1.29, 1.82) is 0 Å². The van der Waals surface area contributed by atoms with Crippen molar-refractivity contribution >= 4 is 0 Å². The highest BCUT2D eigenvalue weighted by Crippen LogP contribution is 2.16. The largest absolute Gasteiger partial charge is 0.459 e. The molecule has 3 heteroatoms. The van der Waals surface area contributed by atoms with Crippen LogP contribution in [0.3, 0.4) is 0 Å². The van der Waals surface area contributed by atoms with Crippen LogP contribution >= 0.6 is 0 Å². The summed E-state index contributed by atoms with van der Waals surface area (Å²) in [6.07, 6.45) is 8.50. The summed E-state index contributed by atoms with van der Waals surface area (Å²) in [5.74, 6) is 0.780. The maximum Gasteiger partial charge on any atom is 0.260 e. The average molecular weight is 232 g/mol. The molecule has 0 aliphatic carbocycles. The third kappa shape index (κ3) is 3.64. The number of hydrogen-bond donors (Lipinski definition) is 1. The fraction of sp³-hybridized carbons (Fsp3) is 0.286. The minimum Gasteiger partial charge on any atom is -0.459 e. The van der Waals surface area contributed by atoms with Gasteiger partial charge in [-0.3, -0.25) is 0 Å². The van der Waals surface area contributed by atoms with Crippen LogP contribution in [0.25, 0.3) is 0 Å². The quantitative estimate of drug-likeness (QED) is 0.847. The first-order chi connectivity index (χ1) is 8.38. The monoisotopic (exact) mass is 232 g/mol. The van der Waals surface area contributed by atoms with Crippen LogP contribution in [0.4, 0.5) is 0 Å². The molecule has 0 saturated carbocycles. The van der Waals surface area contributed by atoms with Crippen molar-refractivity contribution in [2.45, 2.75) is 19.1 Å². The Morgan fingerprint density at radius 2 is 2.00 bits per heavy atom. The van der Waals surface area contributed by atoms with Gasteiger partial charge < -0.3 is 14.6 Å². The van der Waals surface area contributed by atoms with E-state index < -0.39 is 0 Å². The third-order valence-corrected chi connectivity index (χ3v) is 2.47. The van der Waals surface area contributed by atoms with Crippen molar-refractivity contribution < 1.29 is 14.6 Å². The van der Waals surface area contributed by atoms with Gasteiger partial charge in [0.25, 0.3) is 6.29 Å². The molecule has 90 valence electrons. The van der Waals surface area contributed by atoms with Gasteiger partial charge in [0.1, 0.15) is 5.75 Å². The molecule has 0 spiro atoms. The fourth-order valence-electron chi connectivity index (χ4n) is 1.59. The predicted molar refractivity (Wildman–Crippen MR) is 65.6 cm³/mol. The van der Waals surface area contributed by atoms with Crippen LogP contribution in [0.1, 0.15) is 12.0 Å². The topological polar surface area (TPSA) is 38.7 Å². The van der Waals surface area contributed by atoms with Crippen molar-refractivity contribution in [2.75, 3.05) is 6.61 Å². The summed E-state index contributed by atoms with van der Waals surface area (Å²) in [7, 11) is 0. The number of aliphatic hydroxyl groups is 1. The maximum absolute atomic E-state index is 8.74. The fourth-order valence-corrected chi connectivity index (χ4v) is 1.59. The number of rotatable bonds is 5. The van der Waals surface area contributed by atoms with E-state index in [1.54, 1.807) is 6.26 Å². The van der Waals surface area contributed by atoms with Gasteiger partial charge in [0, 0.05) is 6.61 Å². The molecular weight excluding hydrogens is 216 g/mol. The Balaban J connectivity index is 1.89. The van der Waals surface area contributed by atoms with Crippen molar-refractivity contribution in [3.05, 3.63) is 54.3 Å². The highest BCUT2D eigenvalue weighted by molar-refractivity contribution is 5.28. The van der Waals surface area contributed by atoms with Gasteiger partial charge in [-0.1, -0.05) is 18.2 Å². The van der Waals surface area contributed by atoms with E-state index in [4.69, 9.17) is 14.6 Å². The van der Waals surface area contributed by atoms with Crippen molar-refractivity contribution in [3.63, 3.8) is 0 Å². The summed E-state index contributed by atoms with van der Waals surface area (Å²) in [5, 5.41) is 8.74. The highest BCUT2D eigenvalue weighted by Gasteiger charge is 2.07. The van der Waals surface area contributed by atoms with E-state index >= 15 is 0 Å². The molecule has 1 aliphatic rings. The van der Waals surface area contributed by atoms with Crippen molar-refractivity contribution in [3.8, 4) is 5.75 Å². The zero-order valence-electron chi connectivity index (χ0n) is 9.58. The molecule has 0 fully saturated rings. The van der Waals surface area contributed by atoms with E-state index in [2.05, 4.69) is 0 Å². The van der Waals surface area contributed by atoms with E-state index in [1.807, 2.05) is 42.5 Å². The number of aliphatic hydroxyl groups excluding tert-OH is 1. The molecule has 1 atom stereocenters. The first kappa shape index (κ1) is 11.7. The van der Waals surface area contributed by atoms with Gasteiger partial charge in [-0.2, -0.15) is 0 Å².